The smallest absolute Gasteiger partial charge is 0.125 e. The Bertz CT molecular complexity index is 616. The zero-order valence-electron chi connectivity index (χ0n) is 14.7. The highest BCUT2D eigenvalue weighted by atomic mass is 16.3. The summed E-state index contributed by atoms with van der Waals surface area (Å²) in [5.41, 5.74) is 2.99. The molecule has 0 fully saturated rings. The molecule has 1 atom stereocenters. The van der Waals surface area contributed by atoms with Gasteiger partial charge in [0.15, 0.2) is 0 Å². The van der Waals surface area contributed by atoms with Crippen molar-refractivity contribution in [3.05, 3.63) is 53.5 Å². The number of nitrogens with zero attached hydrogens (tertiary/aromatic N) is 2. The van der Waals surface area contributed by atoms with E-state index in [0.717, 1.165) is 17.9 Å². The molecule has 0 radical (unpaired) electrons. The Labute approximate surface area is 139 Å². The minimum Gasteiger partial charge on any atom is -0.387 e. The molecular formula is C19H27N3O. The molecule has 0 saturated heterocycles. The summed E-state index contributed by atoms with van der Waals surface area (Å²) >= 11 is 0. The molecule has 0 aromatic carbocycles. The van der Waals surface area contributed by atoms with Gasteiger partial charge in [0, 0.05) is 24.4 Å². The molecule has 4 heteroatoms. The van der Waals surface area contributed by atoms with Crippen LogP contribution in [-0.2, 0) is 5.41 Å². The van der Waals surface area contributed by atoms with Crippen LogP contribution < -0.4 is 5.32 Å². The van der Waals surface area contributed by atoms with Crippen LogP contribution in [0.5, 0.6) is 0 Å². The Morgan fingerprint density at radius 2 is 1.78 bits per heavy atom. The first kappa shape index (κ1) is 17.4. The number of hydrogen-bond acceptors (Lipinski definition) is 4. The number of anilines is 1. The Morgan fingerprint density at radius 3 is 2.26 bits per heavy atom. The first-order chi connectivity index (χ1) is 10.8. The predicted octanol–water partition coefficient (Wildman–Crippen LogP) is 4.04. The molecule has 2 aromatic heterocycles. The summed E-state index contributed by atoms with van der Waals surface area (Å²) in [5.74, 6) is 1.38. The fourth-order valence-corrected chi connectivity index (χ4v) is 2.32. The van der Waals surface area contributed by atoms with E-state index < -0.39 is 6.10 Å². The molecule has 0 aliphatic rings. The summed E-state index contributed by atoms with van der Waals surface area (Å²) in [6, 6.07) is 8.07. The monoisotopic (exact) mass is 313 g/mol. The van der Waals surface area contributed by atoms with E-state index in [2.05, 4.69) is 49.0 Å². The largest absolute Gasteiger partial charge is 0.387 e. The van der Waals surface area contributed by atoms with Crippen LogP contribution >= 0.6 is 0 Å². The van der Waals surface area contributed by atoms with Crippen LogP contribution in [0.25, 0.3) is 0 Å². The van der Waals surface area contributed by atoms with Crippen LogP contribution in [0.15, 0.2) is 36.7 Å². The van der Waals surface area contributed by atoms with Crippen molar-refractivity contribution in [1.82, 2.24) is 9.97 Å². The standard InChI is InChI=1S/C19H27N3O/c1-13(2)15-6-9-18(21-10-15)22-12-19(4,5)16-7-8-17(14(3)23)20-11-16/h6-11,13-14,23H,12H2,1-5H3,(H,21,22). The first-order valence-electron chi connectivity index (χ1n) is 8.14. The number of pyridine rings is 2. The van der Waals surface area contributed by atoms with Gasteiger partial charge in [-0.15, -0.1) is 0 Å². The quantitative estimate of drug-likeness (QED) is 0.845. The second-order valence-corrected chi connectivity index (χ2v) is 7.02. The molecule has 23 heavy (non-hydrogen) atoms. The molecule has 1 unspecified atom stereocenters. The fraction of sp³-hybridized carbons (Fsp3) is 0.474. The first-order valence-corrected chi connectivity index (χ1v) is 8.14. The highest BCUT2D eigenvalue weighted by Crippen LogP contribution is 2.24. The SMILES string of the molecule is CC(C)c1ccc(NCC(C)(C)c2ccc(C(C)O)nc2)nc1. The van der Waals surface area contributed by atoms with E-state index in [1.165, 1.54) is 5.56 Å². The highest BCUT2D eigenvalue weighted by molar-refractivity contribution is 5.38. The van der Waals surface area contributed by atoms with Gasteiger partial charge < -0.3 is 10.4 Å². The van der Waals surface area contributed by atoms with Gasteiger partial charge in [0.25, 0.3) is 0 Å². The lowest BCUT2D eigenvalue weighted by Gasteiger charge is -2.26. The van der Waals surface area contributed by atoms with E-state index in [0.29, 0.717) is 11.6 Å². The van der Waals surface area contributed by atoms with Gasteiger partial charge >= 0.3 is 0 Å². The Kier molecular flexibility index (Phi) is 5.37. The number of aliphatic hydroxyl groups is 1. The van der Waals surface area contributed by atoms with Crippen LogP contribution in [-0.4, -0.2) is 21.6 Å². The molecule has 2 aromatic rings. The van der Waals surface area contributed by atoms with Crippen molar-refractivity contribution in [3.8, 4) is 0 Å². The Balaban J connectivity index is 2.02. The van der Waals surface area contributed by atoms with Crippen molar-refractivity contribution in [2.24, 2.45) is 0 Å². The summed E-state index contributed by atoms with van der Waals surface area (Å²) in [7, 11) is 0. The Hall–Kier alpha value is -1.94. The number of rotatable bonds is 6. The third-order valence-electron chi connectivity index (χ3n) is 4.16. The zero-order chi connectivity index (χ0) is 17.0. The summed E-state index contributed by atoms with van der Waals surface area (Å²) in [5, 5.41) is 12.9. The van der Waals surface area contributed by atoms with Crippen molar-refractivity contribution in [1.29, 1.82) is 0 Å². The third-order valence-corrected chi connectivity index (χ3v) is 4.16. The average molecular weight is 313 g/mol. The summed E-state index contributed by atoms with van der Waals surface area (Å²) < 4.78 is 0. The fourth-order valence-electron chi connectivity index (χ4n) is 2.32. The van der Waals surface area contributed by atoms with Crippen molar-refractivity contribution in [3.63, 3.8) is 0 Å². The molecule has 0 amide bonds. The average Bonchev–Trinajstić information content (AvgIpc) is 2.53. The van der Waals surface area contributed by atoms with Crippen LogP contribution in [0.3, 0.4) is 0 Å². The van der Waals surface area contributed by atoms with Gasteiger partial charge in [-0.1, -0.05) is 39.8 Å². The maximum atomic E-state index is 9.55. The van der Waals surface area contributed by atoms with Gasteiger partial charge in [0.05, 0.1) is 11.8 Å². The molecule has 0 saturated carbocycles. The molecule has 2 N–H and O–H groups in total. The van der Waals surface area contributed by atoms with Crippen molar-refractivity contribution in [2.45, 2.75) is 52.1 Å². The molecule has 2 heterocycles. The zero-order valence-corrected chi connectivity index (χ0v) is 14.7. The number of aromatic nitrogens is 2. The minimum atomic E-state index is -0.533. The Morgan fingerprint density at radius 1 is 1.04 bits per heavy atom. The molecule has 0 bridgehead atoms. The molecule has 0 aliphatic carbocycles. The predicted molar refractivity (Wildman–Crippen MR) is 94.7 cm³/mol. The van der Waals surface area contributed by atoms with Crippen LogP contribution in [0.4, 0.5) is 5.82 Å². The molecule has 124 valence electrons. The van der Waals surface area contributed by atoms with Crippen LogP contribution in [0.2, 0.25) is 0 Å². The normalized spacial score (nSPS) is 13.2. The van der Waals surface area contributed by atoms with Crippen LogP contribution in [0, 0.1) is 0 Å². The summed E-state index contributed by atoms with van der Waals surface area (Å²) in [4.78, 5) is 8.81. The van der Waals surface area contributed by atoms with Gasteiger partial charge in [-0.25, -0.2) is 4.98 Å². The molecule has 0 aliphatic heterocycles. The second kappa shape index (κ2) is 7.09. The summed E-state index contributed by atoms with van der Waals surface area (Å²) in [6.45, 7) is 11.1. The van der Waals surface area contributed by atoms with Crippen molar-refractivity contribution in [2.75, 3.05) is 11.9 Å². The van der Waals surface area contributed by atoms with Gasteiger partial charge in [-0.2, -0.15) is 0 Å². The molecule has 2 rings (SSSR count). The molecule has 4 nitrogen and oxygen atoms in total. The maximum absolute atomic E-state index is 9.55. The molecular weight excluding hydrogens is 286 g/mol. The number of hydrogen-bond donors (Lipinski definition) is 2. The van der Waals surface area contributed by atoms with Gasteiger partial charge in [0.1, 0.15) is 5.82 Å². The lowest BCUT2D eigenvalue weighted by Crippen LogP contribution is -2.28. The lowest BCUT2D eigenvalue weighted by atomic mass is 9.85. The van der Waals surface area contributed by atoms with E-state index in [-0.39, 0.29) is 5.41 Å². The number of aliphatic hydroxyl groups excluding tert-OH is 1. The summed E-state index contributed by atoms with van der Waals surface area (Å²) in [6.07, 6.45) is 3.24. The topological polar surface area (TPSA) is 58.0 Å². The lowest BCUT2D eigenvalue weighted by molar-refractivity contribution is 0.194. The molecule has 0 spiro atoms. The highest BCUT2D eigenvalue weighted by Gasteiger charge is 2.21. The van der Waals surface area contributed by atoms with Crippen molar-refractivity contribution >= 4 is 5.82 Å². The van der Waals surface area contributed by atoms with Crippen molar-refractivity contribution < 1.29 is 5.11 Å². The third kappa shape index (κ3) is 4.52. The van der Waals surface area contributed by atoms with Gasteiger partial charge in [-0.3, -0.25) is 4.98 Å². The second-order valence-electron chi connectivity index (χ2n) is 7.02. The van der Waals surface area contributed by atoms with Gasteiger partial charge in [0.2, 0.25) is 0 Å². The van der Waals surface area contributed by atoms with E-state index >= 15 is 0 Å². The maximum Gasteiger partial charge on any atom is 0.125 e. The number of nitrogens with one attached hydrogen (secondary N) is 1. The van der Waals surface area contributed by atoms with E-state index in [9.17, 15) is 5.11 Å². The minimum absolute atomic E-state index is 0.0807. The van der Waals surface area contributed by atoms with E-state index in [1.54, 1.807) is 6.92 Å². The van der Waals surface area contributed by atoms with E-state index in [1.807, 2.05) is 30.6 Å². The van der Waals surface area contributed by atoms with E-state index in [4.69, 9.17) is 0 Å². The van der Waals surface area contributed by atoms with Crippen LogP contribution in [0.1, 0.15) is 63.5 Å². The van der Waals surface area contributed by atoms with Gasteiger partial charge in [-0.05, 0) is 36.1 Å².